The van der Waals surface area contributed by atoms with Crippen LogP contribution in [0.1, 0.15) is 43.1 Å². The molecule has 1 spiro atoms. The maximum atomic E-state index is 13.2. The average molecular weight is 394 g/mol. The number of carbonyl (C=O) groups excluding carboxylic acids is 2. The van der Waals surface area contributed by atoms with Crippen LogP contribution >= 0.6 is 0 Å². The van der Waals surface area contributed by atoms with Crippen molar-refractivity contribution in [1.82, 2.24) is 9.88 Å². The third kappa shape index (κ3) is 2.85. The van der Waals surface area contributed by atoms with Crippen LogP contribution in [-0.2, 0) is 15.1 Å². The Balaban J connectivity index is 1.87. The summed E-state index contributed by atoms with van der Waals surface area (Å²) in [7, 11) is 0. The SMILES string of the molecule is C[C@H](NC(=O)C1=C(O)C2(CCCC2)n2c(ccc2-c2ccccc2)C1=O)C(=O)O. The van der Waals surface area contributed by atoms with Crippen LogP contribution in [0.15, 0.2) is 53.8 Å². The van der Waals surface area contributed by atoms with Crippen LogP contribution in [0.5, 0.6) is 0 Å². The number of aliphatic carboxylic acids is 1. The summed E-state index contributed by atoms with van der Waals surface area (Å²) in [5.41, 5.74) is 0.817. The minimum absolute atomic E-state index is 0.268. The number of nitrogens with one attached hydrogen (secondary N) is 1. The second-order valence-electron chi connectivity index (χ2n) is 7.63. The number of fused-ring (bicyclic) bond motifs is 2. The number of aliphatic hydroxyl groups excluding tert-OH is 1. The minimum atomic E-state index is -1.22. The maximum Gasteiger partial charge on any atom is 0.325 e. The van der Waals surface area contributed by atoms with Gasteiger partial charge in [-0.1, -0.05) is 43.2 Å². The maximum absolute atomic E-state index is 13.2. The van der Waals surface area contributed by atoms with Crippen LogP contribution in [0.2, 0.25) is 0 Å². The van der Waals surface area contributed by atoms with E-state index in [0.29, 0.717) is 18.5 Å². The van der Waals surface area contributed by atoms with E-state index >= 15 is 0 Å². The van der Waals surface area contributed by atoms with Gasteiger partial charge < -0.3 is 20.1 Å². The molecule has 29 heavy (non-hydrogen) atoms. The van der Waals surface area contributed by atoms with Crippen LogP contribution < -0.4 is 5.32 Å². The Morgan fingerprint density at radius 3 is 2.31 bits per heavy atom. The van der Waals surface area contributed by atoms with E-state index in [2.05, 4.69) is 5.32 Å². The summed E-state index contributed by atoms with van der Waals surface area (Å²) in [4.78, 5) is 37.0. The molecule has 7 nitrogen and oxygen atoms in total. The molecule has 2 aliphatic rings. The van der Waals surface area contributed by atoms with Crippen molar-refractivity contribution in [3.05, 3.63) is 59.5 Å². The molecular formula is C22H22N2O5. The molecule has 2 heterocycles. The molecule has 1 atom stereocenters. The molecule has 1 saturated carbocycles. The van der Waals surface area contributed by atoms with Crippen LogP contribution in [0.3, 0.4) is 0 Å². The number of aromatic nitrogens is 1. The smallest absolute Gasteiger partial charge is 0.325 e. The first-order chi connectivity index (χ1) is 13.9. The molecule has 150 valence electrons. The number of amides is 1. The lowest BCUT2D eigenvalue weighted by molar-refractivity contribution is -0.140. The Labute approximate surface area is 167 Å². The molecule has 1 aliphatic heterocycles. The third-order valence-electron chi connectivity index (χ3n) is 5.89. The van der Waals surface area contributed by atoms with Crippen molar-refractivity contribution >= 4 is 17.7 Å². The summed E-state index contributed by atoms with van der Waals surface area (Å²) in [6.07, 6.45) is 2.90. The predicted octanol–water partition coefficient (Wildman–Crippen LogP) is 3.02. The van der Waals surface area contributed by atoms with Gasteiger partial charge in [-0.2, -0.15) is 0 Å². The average Bonchev–Trinajstić information content (AvgIpc) is 3.35. The highest BCUT2D eigenvalue weighted by atomic mass is 16.4. The summed E-state index contributed by atoms with van der Waals surface area (Å²) in [5, 5.41) is 22.5. The summed E-state index contributed by atoms with van der Waals surface area (Å²) in [6, 6.07) is 11.9. The van der Waals surface area contributed by atoms with E-state index in [9.17, 15) is 19.5 Å². The number of nitrogens with zero attached hydrogens (tertiary/aromatic N) is 1. The number of aliphatic hydroxyl groups is 1. The highest BCUT2D eigenvalue weighted by Crippen LogP contribution is 2.49. The molecular weight excluding hydrogens is 372 g/mol. The molecule has 4 rings (SSSR count). The number of carbonyl (C=O) groups is 3. The number of hydrogen-bond donors (Lipinski definition) is 3. The Bertz CT molecular complexity index is 1030. The lowest BCUT2D eigenvalue weighted by Gasteiger charge is -2.38. The van der Waals surface area contributed by atoms with Crippen molar-refractivity contribution < 1.29 is 24.6 Å². The molecule has 1 fully saturated rings. The molecule has 3 N–H and O–H groups in total. The summed E-state index contributed by atoms with van der Waals surface area (Å²) >= 11 is 0. The number of Topliss-reactive ketones (excluding diaryl/α,β-unsaturated/α-hetero) is 1. The van der Waals surface area contributed by atoms with E-state index in [1.54, 1.807) is 6.07 Å². The van der Waals surface area contributed by atoms with Crippen molar-refractivity contribution in [2.75, 3.05) is 0 Å². The fraction of sp³-hybridized carbons (Fsp3) is 0.318. The number of hydrogen-bond acceptors (Lipinski definition) is 4. The lowest BCUT2D eigenvalue weighted by atomic mass is 9.84. The van der Waals surface area contributed by atoms with Crippen molar-refractivity contribution in [2.45, 2.75) is 44.2 Å². The number of carboxylic acid groups (broad SMARTS) is 1. The number of carboxylic acids is 1. The standard InChI is InChI=1S/C22H22N2O5/c1-13(21(28)29)23-20(27)17-18(25)16-10-9-15(14-7-3-2-4-8-14)24(16)22(19(17)26)11-5-6-12-22/h2-4,7-10,13,26H,5-6,11-12H2,1H3,(H,23,27)(H,28,29)/t13-/m0/s1. The van der Waals surface area contributed by atoms with E-state index in [1.165, 1.54) is 6.92 Å². The molecule has 1 aromatic heterocycles. The molecule has 0 bridgehead atoms. The van der Waals surface area contributed by atoms with Crippen molar-refractivity contribution in [3.63, 3.8) is 0 Å². The summed E-state index contributed by atoms with van der Waals surface area (Å²) < 4.78 is 1.87. The molecule has 1 aromatic carbocycles. The summed E-state index contributed by atoms with van der Waals surface area (Å²) in [5.74, 6) is -2.94. The summed E-state index contributed by atoms with van der Waals surface area (Å²) in [6.45, 7) is 1.31. The van der Waals surface area contributed by atoms with Crippen molar-refractivity contribution in [2.24, 2.45) is 0 Å². The van der Waals surface area contributed by atoms with Crippen LogP contribution in [-0.4, -0.2) is 38.5 Å². The van der Waals surface area contributed by atoms with E-state index < -0.39 is 29.2 Å². The topological polar surface area (TPSA) is 109 Å². The lowest BCUT2D eigenvalue weighted by Crippen LogP contribution is -2.46. The number of rotatable bonds is 4. The van der Waals surface area contributed by atoms with Gasteiger partial charge in [-0.05, 0) is 37.5 Å². The quantitative estimate of drug-likeness (QED) is 0.691. The Hall–Kier alpha value is -3.35. The van der Waals surface area contributed by atoms with Crippen LogP contribution in [0.4, 0.5) is 0 Å². The Morgan fingerprint density at radius 2 is 1.69 bits per heavy atom. The molecule has 0 unspecified atom stereocenters. The van der Waals surface area contributed by atoms with Gasteiger partial charge >= 0.3 is 5.97 Å². The van der Waals surface area contributed by atoms with Gasteiger partial charge in [0.2, 0.25) is 5.78 Å². The van der Waals surface area contributed by atoms with Crippen LogP contribution in [0, 0.1) is 0 Å². The van der Waals surface area contributed by atoms with Gasteiger partial charge in [-0.15, -0.1) is 0 Å². The Kier molecular flexibility index (Phi) is 4.53. The van der Waals surface area contributed by atoms with Gasteiger partial charge in [-0.3, -0.25) is 14.4 Å². The van der Waals surface area contributed by atoms with Gasteiger partial charge in [0.15, 0.2) is 0 Å². The van der Waals surface area contributed by atoms with E-state index in [1.807, 2.05) is 41.0 Å². The highest BCUT2D eigenvalue weighted by molar-refractivity contribution is 6.26. The monoisotopic (exact) mass is 394 g/mol. The Morgan fingerprint density at radius 1 is 1.07 bits per heavy atom. The molecule has 7 heteroatoms. The van der Waals surface area contributed by atoms with E-state index in [4.69, 9.17) is 5.11 Å². The largest absolute Gasteiger partial charge is 0.509 e. The normalized spacial score (nSPS) is 18.6. The van der Waals surface area contributed by atoms with Crippen molar-refractivity contribution in [3.8, 4) is 11.3 Å². The number of ketones is 1. The zero-order valence-corrected chi connectivity index (χ0v) is 16.0. The molecule has 1 amide bonds. The predicted molar refractivity (Wildman–Crippen MR) is 106 cm³/mol. The second kappa shape index (κ2) is 6.92. The van der Waals surface area contributed by atoms with E-state index in [0.717, 1.165) is 24.1 Å². The fourth-order valence-corrected chi connectivity index (χ4v) is 4.45. The van der Waals surface area contributed by atoms with E-state index in [-0.39, 0.29) is 11.3 Å². The fourth-order valence-electron chi connectivity index (χ4n) is 4.45. The van der Waals surface area contributed by atoms with Gasteiger partial charge in [0.05, 0.1) is 5.69 Å². The first kappa shape index (κ1) is 19.0. The highest BCUT2D eigenvalue weighted by Gasteiger charge is 2.50. The second-order valence-corrected chi connectivity index (χ2v) is 7.63. The minimum Gasteiger partial charge on any atom is -0.509 e. The van der Waals surface area contributed by atoms with Gasteiger partial charge in [-0.25, -0.2) is 0 Å². The molecule has 0 radical (unpaired) electrons. The molecule has 0 saturated heterocycles. The van der Waals surface area contributed by atoms with Gasteiger partial charge in [0, 0.05) is 5.69 Å². The molecule has 1 aliphatic carbocycles. The zero-order chi connectivity index (χ0) is 20.8. The van der Waals surface area contributed by atoms with Gasteiger partial charge in [0.25, 0.3) is 5.91 Å². The first-order valence-corrected chi connectivity index (χ1v) is 9.66. The first-order valence-electron chi connectivity index (χ1n) is 9.66. The third-order valence-corrected chi connectivity index (χ3v) is 5.89. The number of benzene rings is 1. The van der Waals surface area contributed by atoms with Gasteiger partial charge in [0.1, 0.15) is 22.9 Å². The van der Waals surface area contributed by atoms with Crippen LogP contribution in [0.25, 0.3) is 11.3 Å². The number of allylic oxidation sites excluding steroid dienone is 1. The van der Waals surface area contributed by atoms with Crippen molar-refractivity contribution in [1.29, 1.82) is 0 Å². The molecule has 2 aromatic rings. The zero-order valence-electron chi connectivity index (χ0n) is 16.0.